The van der Waals surface area contributed by atoms with Crippen LogP contribution in [-0.4, -0.2) is 29.8 Å². The third-order valence-electron chi connectivity index (χ3n) is 2.87. The largest absolute Gasteiger partial charge is 0.396 e. The minimum Gasteiger partial charge on any atom is -0.396 e. The Bertz CT molecular complexity index is 258. The molecule has 0 saturated carbocycles. The summed E-state index contributed by atoms with van der Waals surface area (Å²) in [5.41, 5.74) is 1.35. The number of rotatable bonds is 2. The van der Waals surface area contributed by atoms with Crippen LogP contribution in [0.3, 0.4) is 0 Å². The van der Waals surface area contributed by atoms with E-state index in [1.165, 1.54) is 5.56 Å². The van der Waals surface area contributed by atoms with Crippen LogP contribution in [-0.2, 0) is 6.42 Å². The molecule has 1 aromatic rings. The van der Waals surface area contributed by atoms with Gasteiger partial charge in [-0.3, -0.25) is 4.98 Å². The van der Waals surface area contributed by atoms with Gasteiger partial charge in [0.05, 0.1) is 0 Å². The van der Waals surface area contributed by atoms with Gasteiger partial charge in [0.25, 0.3) is 0 Å². The summed E-state index contributed by atoms with van der Waals surface area (Å²) >= 11 is 0. The Kier molecular flexibility index (Phi) is 6.77. The summed E-state index contributed by atoms with van der Waals surface area (Å²) in [6.07, 6.45) is 7.03. The number of aliphatic hydroxyl groups excluding tert-OH is 1. The Morgan fingerprint density at radius 2 is 1.94 bits per heavy atom. The van der Waals surface area contributed by atoms with E-state index in [1.807, 2.05) is 24.5 Å². The Balaban J connectivity index is 0.000000160. The molecule has 3 heteroatoms. The zero-order valence-corrected chi connectivity index (χ0v) is 10.0. The summed E-state index contributed by atoms with van der Waals surface area (Å²) in [4.78, 5) is 3.89. The zero-order chi connectivity index (χ0) is 11.6. The van der Waals surface area contributed by atoms with Crippen LogP contribution in [0, 0.1) is 5.92 Å². The van der Waals surface area contributed by atoms with Gasteiger partial charge in [-0.2, -0.15) is 0 Å². The molecular formula is C13H22N2O. The lowest BCUT2D eigenvalue weighted by molar-refractivity contribution is 0.196. The number of aryl methyl sites for hydroxylation is 1. The maximum atomic E-state index is 8.66. The molecule has 3 nitrogen and oxygen atoms in total. The van der Waals surface area contributed by atoms with Crippen LogP contribution in [0.1, 0.15) is 25.3 Å². The van der Waals surface area contributed by atoms with Gasteiger partial charge in [-0.15, -0.1) is 0 Å². The summed E-state index contributed by atoms with van der Waals surface area (Å²) in [6, 6.07) is 4.06. The van der Waals surface area contributed by atoms with Crippen LogP contribution in [0.25, 0.3) is 0 Å². The van der Waals surface area contributed by atoms with Gasteiger partial charge in [0.2, 0.25) is 0 Å². The van der Waals surface area contributed by atoms with Crippen molar-refractivity contribution in [1.82, 2.24) is 10.3 Å². The molecule has 1 aromatic heterocycles. The van der Waals surface area contributed by atoms with Crippen molar-refractivity contribution in [1.29, 1.82) is 0 Å². The highest BCUT2D eigenvalue weighted by Crippen LogP contribution is 2.08. The van der Waals surface area contributed by atoms with Crippen LogP contribution < -0.4 is 5.32 Å². The third kappa shape index (κ3) is 5.24. The monoisotopic (exact) mass is 222 g/mol. The molecule has 0 unspecified atom stereocenters. The average Bonchev–Trinajstić information content (AvgIpc) is 2.41. The van der Waals surface area contributed by atoms with Crippen molar-refractivity contribution in [3.05, 3.63) is 30.1 Å². The molecule has 0 bridgehead atoms. The maximum absolute atomic E-state index is 8.66. The number of hydrogen-bond donors (Lipinski definition) is 2. The Morgan fingerprint density at radius 1 is 1.31 bits per heavy atom. The van der Waals surface area contributed by atoms with Crippen molar-refractivity contribution >= 4 is 0 Å². The van der Waals surface area contributed by atoms with E-state index in [4.69, 9.17) is 5.11 Å². The van der Waals surface area contributed by atoms with Crippen molar-refractivity contribution in [3.8, 4) is 0 Å². The van der Waals surface area contributed by atoms with Crippen LogP contribution in [0.4, 0.5) is 0 Å². The Hall–Kier alpha value is -0.930. The Labute approximate surface area is 97.9 Å². The molecule has 0 radical (unpaired) electrons. The minimum absolute atomic E-state index is 0.377. The summed E-state index contributed by atoms with van der Waals surface area (Å²) in [7, 11) is 0. The minimum atomic E-state index is 0.377. The first-order valence-corrected chi connectivity index (χ1v) is 6.07. The van der Waals surface area contributed by atoms with Crippen molar-refractivity contribution in [2.45, 2.75) is 26.2 Å². The molecule has 2 heterocycles. The molecule has 0 amide bonds. The normalized spacial score (nSPS) is 16.4. The van der Waals surface area contributed by atoms with E-state index in [2.05, 4.69) is 17.2 Å². The standard InChI is InChI=1S/C7H9N.C6H13NO/c1-2-7-3-5-8-6-4-7;8-5-6-1-3-7-4-2-6/h3-6H,2H2,1H3;6-8H,1-5H2. The quantitative estimate of drug-likeness (QED) is 0.799. The molecule has 1 aliphatic heterocycles. The zero-order valence-electron chi connectivity index (χ0n) is 10.0. The second kappa shape index (κ2) is 8.25. The first kappa shape index (κ1) is 13.1. The van der Waals surface area contributed by atoms with Gasteiger partial charge in [-0.1, -0.05) is 6.92 Å². The molecular weight excluding hydrogens is 200 g/mol. The fraction of sp³-hybridized carbons (Fsp3) is 0.615. The highest BCUT2D eigenvalue weighted by atomic mass is 16.3. The van der Waals surface area contributed by atoms with Crippen molar-refractivity contribution in [2.75, 3.05) is 19.7 Å². The predicted octanol–water partition coefficient (Wildman–Crippen LogP) is 1.62. The van der Waals surface area contributed by atoms with Gasteiger partial charge >= 0.3 is 0 Å². The summed E-state index contributed by atoms with van der Waals surface area (Å²) < 4.78 is 0. The van der Waals surface area contributed by atoms with Crippen LogP contribution >= 0.6 is 0 Å². The van der Waals surface area contributed by atoms with Crippen LogP contribution in [0.5, 0.6) is 0 Å². The number of aliphatic hydroxyl groups is 1. The van der Waals surface area contributed by atoms with E-state index in [0.717, 1.165) is 32.4 Å². The second-order valence-electron chi connectivity index (χ2n) is 4.08. The van der Waals surface area contributed by atoms with Gasteiger partial charge in [-0.05, 0) is 56.0 Å². The van der Waals surface area contributed by atoms with Gasteiger partial charge < -0.3 is 10.4 Å². The number of pyridine rings is 1. The molecule has 1 aliphatic rings. The number of hydrogen-bond acceptors (Lipinski definition) is 3. The lowest BCUT2D eigenvalue weighted by atomic mass is 10.00. The molecule has 0 spiro atoms. The van der Waals surface area contributed by atoms with Gasteiger partial charge in [0.1, 0.15) is 0 Å². The second-order valence-corrected chi connectivity index (χ2v) is 4.08. The van der Waals surface area contributed by atoms with Gasteiger partial charge in [-0.25, -0.2) is 0 Å². The maximum Gasteiger partial charge on any atom is 0.0460 e. The molecule has 1 saturated heterocycles. The van der Waals surface area contributed by atoms with E-state index in [9.17, 15) is 0 Å². The summed E-state index contributed by atoms with van der Waals surface area (Å²) in [5.74, 6) is 0.580. The number of piperidine rings is 1. The van der Waals surface area contributed by atoms with Crippen molar-refractivity contribution < 1.29 is 5.11 Å². The van der Waals surface area contributed by atoms with E-state index >= 15 is 0 Å². The number of aromatic nitrogens is 1. The molecule has 0 aliphatic carbocycles. The molecule has 90 valence electrons. The first-order chi connectivity index (χ1) is 7.86. The molecule has 16 heavy (non-hydrogen) atoms. The fourth-order valence-corrected chi connectivity index (χ4v) is 1.68. The van der Waals surface area contributed by atoms with Crippen LogP contribution in [0.15, 0.2) is 24.5 Å². The van der Waals surface area contributed by atoms with E-state index in [0.29, 0.717) is 12.5 Å². The van der Waals surface area contributed by atoms with Gasteiger partial charge in [0, 0.05) is 19.0 Å². The lowest BCUT2D eigenvalue weighted by Crippen LogP contribution is -2.29. The highest BCUT2D eigenvalue weighted by molar-refractivity contribution is 5.08. The molecule has 1 fully saturated rings. The van der Waals surface area contributed by atoms with Crippen molar-refractivity contribution in [3.63, 3.8) is 0 Å². The Morgan fingerprint density at radius 3 is 2.31 bits per heavy atom. The number of nitrogens with zero attached hydrogens (tertiary/aromatic N) is 1. The topological polar surface area (TPSA) is 45.2 Å². The average molecular weight is 222 g/mol. The highest BCUT2D eigenvalue weighted by Gasteiger charge is 2.09. The smallest absolute Gasteiger partial charge is 0.0460 e. The fourth-order valence-electron chi connectivity index (χ4n) is 1.68. The van der Waals surface area contributed by atoms with Crippen LogP contribution in [0.2, 0.25) is 0 Å². The number of nitrogens with one attached hydrogen (secondary N) is 1. The predicted molar refractivity (Wildman–Crippen MR) is 66.3 cm³/mol. The SMILES string of the molecule is CCc1ccncc1.OCC1CCNCC1. The van der Waals surface area contributed by atoms with E-state index < -0.39 is 0 Å². The van der Waals surface area contributed by atoms with E-state index in [1.54, 1.807) is 0 Å². The summed E-state index contributed by atoms with van der Waals surface area (Å²) in [6.45, 7) is 4.69. The summed E-state index contributed by atoms with van der Waals surface area (Å²) in [5, 5.41) is 11.9. The molecule has 2 rings (SSSR count). The molecule has 0 atom stereocenters. The van der Waals surface area contributed by atoms with Gasteiger partial charge in [0.15, 0.2) is 0 Å². The third-order valence-corrected chi connectivity index (χ3v) is 2.87. The van der Waals surface area contributed by atoms with Crippen molar-refractivity contribution in [2.24, 2.45) is 5.92 Å². The first-order valence-electron chi connectivity index (χ1n) is 6.07. The van der Waals surface area contributed by atoms with E-state index in [-0.39, 0.29) is 0 Å². The molecule has 0 aromatic carbocycles. The lowest BCUT2D eigenvalue weighted by Gasteiger charge is -2.19. The molecule has 2 N–H and O–H groups in total.